The molecule has 0 radical (unpaired) electrons. The van der Waals surface area contributed by atoms with Gasteiger partial charge in [-0.25, -0.2) is 4.79 Å². The molecular formula is C22H25N3O6. The Morgan fingerprint density at radius 1 is 1.10 bits per heavy atom. The lowest BCUT2D eigenvalue weighted by atomic mass is 10.1. The first-order valence-corrected chi connectivity index (χ1v) is 9.98. The number of rotatable bonds is 9. The zero-order chi connectivity index (χ0) is 22.4. The van der Waals surface area contributed by atoms with E-state index in [1.54, 1.807) is 12.4 Å². The van der Waals surface area contributed by atoms with E-state index < -0.39 is 17.9 Å². The van der Waals surface area contributed by atoms with E-state index in [1.165, 1.54) is 18.2 Å². The molecule has 1 saturated heterocycles. The van der Waals surface area contributed by atoms with Crippen molar-refractivity contribution in [2.24, 2.45) is 0 Å². The molecule has 31 heavy (non-hydrogen) atoms. The number of ether oxygens (including phenoxy) is 1. The SMILES string of the molecule is CC(=O)C(Oc1ccc(O)c(C(=O)CCN2CCN(c3ccncc3)CC2)c1)C(=O)O. The lowest BCUT2D eigenvalue weighted by Crippen LogP contribution is -2.46. The van der Waals surface area contributed by atoms with Crippen LogP contribution in [-0.2, 0) is 9.59 Å². The topological polar surface area (TPSA) is 120 Å². The van der Waals surface area contributed by atoms with Gasteiger partial charge < -0.3 is 19.8 Å². The molecule has 9 heteroatoms. The van der Waals surface area contributed by atoms with E-state index in [2.05, 4.69) is 14.8 Å². The van der Waals surface area contributed by atoms with E-state index in [9.17, 15) is 19.5 Å². The Morgan fingerprint density at radius 2 is 1.77 bits per heavy atom. The van der Waals surface area contributed by atoms with Gasteiger partial charge in [-0.1, -0.05) is 0 Å². The molecule has 2 aromatic rings. The Hall–Kier alpha value is -3.46. The highest BCUT2D eigenvalue weighted by atomic mass is 16.5. The first-order valence-electron chi connectivity index (χ1n) is 9.98. The van der Waals surface area contributed by atoms with Gasteiger partial charge in [-0.15, -0.1) is 0 Å². The van der Waals surface area contributed by atoms with Gasteiger partial charge in [0.25, 0.3) is 6.10 Å². The molecule has 0 aliphatic carbocycles. The number of aromatic nitrogens is 1. The fourth-order valence-corrected chi connectivity index (χ4v) is 3.43. The number of phenolic OH excluding ortho intramolecular Hbond substituents is 1. The fraction of sp³-hybridized carbons (Fsp3) is 0.364. The summed E-state index contributed by atoms with van der Waals surface area (Å²) >= 11 is 0. The molecule has 2 N–H and O–H groups in total. The van der Waals surface area contributed by atoms with Gasteiger partial charge in [0.05, 0.1) is 5.56 Å². The predicted molar refractivity (Wildman–Crippen MR) is 113 cm³/mol. The molecule has 2 heterocycles. The van der Waals surface area contributed by atoms with Crippen LogP contribution in [0.4, 0.5) is 5.69 Å². The summed E-state index contributed by atoms with van der Waals surface area (Å²) < 4.78 is 5.20. The van der Waals surface area contributed by atoms with E-state index in [0.717, 1.165) is 38.8 Å². The number of pyridine rings is 1. The third-order valence-electron chi connectivity index (χ3n) is 5.17. The minimum absolute atomic E-state index is 0.0368. The number of nitrogens with zero attached hydrogens (tertiary/aromatic N) is 3. The number of carbonyl (C=O) groups is 3. The number of phenols is 1. The van der Waals surface area contributed by atoms with Crippen LogP contribution >= 0.6 is 0 Å². The number of Topliss-reactive ketones (excluding diaryl/α,β-unsaturated/α-hetero) is 2. The van der Waals surface area contributed by atoms with Gasteiger partial charge in [0.2, 0.25) is 0 Å². The van der Waals surface area contributed by atoms with Crippen molar-refractivity contribution < 1.29 is 29.3 Å². The maximum atomic E-state index is 12.7. The number of piperazine rings is 1. The molecule has 9 nitrogen and oxygen atoms in total. The van der Waals surface area contributed by atoms with Crippen molar-refractivity contribution in [3.05, 3.63) is 48.3 Å². The van der Waals surface area contributed by atoms with Crippen LogP contribution < -0.4 is 9.64 Å². The predicted octanol–water partition coefficient (Wildman–Crippen LogP) is 1.60. The molecule has 1 aromatic carbocycles. The second-order valence-electron chi connectivity index (χ2n) is 7.33. The number of aliphatic carboxylic acids is 1. The number of ketones is 2. The van der Waals surface area contributed by atoms with Crippen molar-refractivity contribution in [3.63, 3.8) is 0 Å². The highest BCUT2D eigenvalue weighted by Crippen LogP contribution is 2.25. The minimum Gasteiger partial charge on any atom is -0.507 e. The molecule has 1 aliphatic rings. The minimum atomic E-state index is -1.66. The largest absolute Gasteiger partial charge is 0.507 e. The molecule has 0 amide bonds. The number of carboxylic acids is 1. The van der Waals surface area contributed by atoms with Crippen molar-refractivity contribution in [2.75, 3.05) is 37.6 Å². The molecule has 0 bridgehead atoms. The van der Waals surface area contributed by atoms with Crippen LogP contribution in [0, 0.1) is 0 Å². The Bertz CT molecular complexity index is 928. The summed E-state index contributed by atoms with van der Waals surface area (Å²) in [7, 11) is 0. The van der Waals surface area contributed by atoms with E-state index in [4.69, 9.17) is 9.84 Å². The number of aromatic hydroxyl groups is 1. The number of anilines is 1. The maximum absolute atomic E-state index is 12.7. The van der Waals surface area contributed by atoms with Crippen LogP contribution in [0.2, 0.25) is 0 Å². The number of carboxylic acid groups (broad SMARTS) is 1. The van der Waals surface area contributed by atoms with Crippen LogP contribution in [0.25, 0.3) is 0 Å². The molecule has 0 saturated carbocycles. The zero-order valence-electron chi connectivity index (χ0n) is 17.2. The average molecular weight is 427 g/mol. The smallest absolute Gasteiger partial charge is 0.352 e. The summed E-state index contributed by atoms with van der Waals surface area (Å²) in [5.41, 5.74) is 1.17. The molecule has 1 aromatic heterocycles. The van der Waals surface area contributed by atoms with Gasteiger partial charge >= 0.3 is 5.97 Å². The van der Waals surface area contributed by atoms with Crippen molar-refractivity contribution in [1.82, 2.24) is 9.88 Å². The average Bonchev–Trinajstić information content (AvgIpc) is 2.77. The first-order chi connectivity index (χ1) is 14.8. The second kappa shape index (κ2) is 10.0. The summed E-state index contributed by atoms with van der Waals surface area (Å²) in [6.45, 7) is 4.95. The van der Waals surface area contributed by atoms with Crippen molar-refractivity contribution in [2.45, 2.75) is 19.4 Å². The quantitative estimate of drug-likeness (QED) is 0.454. The van der Waals surface area contributed by atoms with Gasteiger partial charge in [-0.3, -0.25) is 19.5 Å². The summed E-state index contributed by atoms with van der Waals surface area (Å²) in [6, 6.07) is 7.80. The summed E-state index contributed by atoms with van der Waals surface area (Å²) in [4.78, 5) is 43.7. The van der Waals surface area contributed by atoms with Crippen LogP contribution in [0.1, 0.15) is 23.7 Å². The summed E-state index contributed by atoms with van der Waals surface area (Å²) in [5.74, 6) is -2.54. The van der Waals surface area contributed by atoms with Gasteiger partial charge in [-0.05, 0) is 37.3 Å². The number of hydrogen-bond acceptors (Lipinski definition) is 8. The highest BCUT2D eigenvalue weighted by molar-refractivity contribution is 6.01. The second-order valence-corrected chi connectivity index (χ2v) is 7.33. The molecule has 1 unspecified atom stereocenters. The third kappa shape index (κ3) is 5.79. The normalized spacial score (nSPS) is 15.3. The number of carbonyl (C=O) groups excluding carboxylic acids is 2. The lowest BCUT2D eigenvalue weighted by molar-refractivity contribution is -0.149. The van der Waals surface area contributed by atoms with Gasteiger partial charge in [0.15, 0.2) is 11.6 Å². The third-order valence-corrected chi connectivity index (χ3v) is 5.17. The van der Waals surface area contributed by atoms with Gasteiger partial charge in [0, 0.05) is 57.2 Å². The number of hydrogen-bond donors (Lipinski definition) is 2. The Morgan fingerprint density at radius 3 is 2.39 bits per heavy atom. The van der Waals surface area contributed by atoms with Gasteiger partial charge in [0.1, 0.15) is 11.5 Å². The van der Waals surface area contributed by atoms with E-state index in [0.29, 0.717) is 6.54 Å². The molecule has 164 valence electrons. The summed E-state index contributed by atoms with van der Waals surface area (Å²) in [6.07, 6.45) is 2.06. The van der Waals surface area contributed by atoms with Crippen LogP contribution in [-0.4, -0.2) is 76.5 Å². The highest BCUT2D eigenvalue weighted by Gasteiger charge is 2.25. The van der Waals surface area contributed by atoms with Crippen LogP contribution in [0.15, 0.2) is 42.7 Å². The van der Waals surface area contributed by atoms with Crippen molar-refractivity contribution in [3.8, 4) is 11.5 Å². The molecular weight excluding hydrogens is 402 g/mol. The summed E-state index contributed by atoms with van der Waals surface area (Å²) in [5, 5.41) is 19.2. The van der Waals surface area contributed by atoms with Crippen LogP contribution in [0.3, 0.4) is 0 Å². The standard InChI is InChI=1S/C22H25N3O6/c1-15(26)21(22(29)30)31-17-2-3-19(27)18(14-17)20(28)6-9-24-10-12-25(13-11-24)16-4-7-23-8-5-16/h2-5,7-8,14,21,27H,6,9-13H2,1H3,(H,29,30). The molecule has 3 rings (SSSR count). The fourth-order valence-electron chi connectivity index (χ4n) is 3.43. The Kier molecular flexibility index (Phi) is 7.19. The zero-order valence-corrected chi connectivity index (χ0v) is 17.2. The Balaban J connectivity index is 1.56. The molecule has 1 atom stereocenters. The van der Waals surface area contributed by atoms with Crippen LogP contribution in [0.5, 0.6) is 11.5 Å². The maximum Gasteiger partial charge on any atom is 0.352 e. The van der Waals surface area contributed by atoms with Crippen molar-refractivity contribution >= 4 is 23.2 Å². The lowest BCUT2D eigenvalue weighted by Gasteiger charge is -2.35. The molecule has 1 fully saturated rings. The molecule has 1 aliphatic heterocycles. The first kappa shape index (κ1) is 22.2. The molecule has 0 spiro atoms. The Labute approximate surface area is 179 Å². The van der Waals surface area contributed by atoms with E-state index in [-0.39, 0.29) is 29.3 Å². The van der Waals surface area contributed by atoms with E-state index in [1.807, 2.05) is 12.1 Å². The van der Waals surface area contributed by atoms with Gasteiger partial charge in [-0.2, -0.15) is 0 Å². The van der Waals surface area contributed by atoms with Crippen molar-refractivity contribution in [1.29, 1.82) is 0 Å². The van der Waals surface area contributed by atoms with E-state index >= 15 is 0 Å². The number of benzene rings is 1. The monoisotopic (exact) mass is 427 g/mol.